The topological polar surface area (TPSA) is 35.5 Å². The number of ether oxygens (including phenoxy) is 2. The Kier molecular flexibility index (Phi) is 8.59. The number of halogens is 1. The van der Waals surface area contributed by atoms with Crippen LogP contribution in [0.4, 0.5) is 0 Å². The molecule has 1 atom stereocenters. The van der Waals surface area contributed by atoms with Crippen LogP contribution in [0, 0.1) is 0 Å². The second-order valence-corrected chi connectivity index (χ2v) is 7.36. The lowest BCUT2D eigenvalue weighted by atomic mass is 10.0. The molecule has 1 aromatic carbocycles. The molecule has 1 fully saturated rings. The smallest absolute Gasteiger partial charge is 0.188 e. The Morgan fingerprint density at radius 2 is 2.00 bits per heavy atom. The minimum atomic E-state index is -0.0385. The molecule has 1 heterocycles. The normalized spacial score (nSPS) is 19.1. The molecule has 2 rings (SSSR count). The summed E-state index contributed by atoms with van der Waals surface area (Å²) >= 11 is 3.39. The van der Waals surface area contributed by atoms with Gasteiger partial charge in [0.25, 0.3) is 0 Å². The third kappa shape index (κ3) is 7.27. The molecule has 0 radical (unpaired) electrons. The van der Waals surface area contributed by atoms with Crippen LogP contribution in [0.1, 0.15) is 56.3 Å². The monoisotopic (exact) mass is 406 g/mol. The Labute approximate surface area is 159 Å². The van der Waals surface area contributed by atoms with Crippen LogP contribution in [-0.4, -0.2) is 25.3 Å². The first-order chi connectivity index (χ1) is 12.1. The van der Waals surface area contributed by atoms with Gasteiger partial charge < -0.3 is 9.47 Å². The highest BCUT2D eigenvalue weighted by molar-refractivity contribution is 9.10. The van der Waals surface area contributed by atoms with Crippen molar-refractivity contribution in [1.82, 2.24) is 0 Å². The third-order valence-corrected chi connectivity index (χ3v) is 4.83. The molecule has 0 bridgehead atoms. The largest absolute Gasteiger partial charge is 0.353 e. The first-order valence-electron chi connectivity index (χ1n) is 8.92. The Bertz CT molecular complexity index is 611. The summed E-state index contributed by atoms with van der Waals surface area (Å²) in [6.07, 6.45) is 9.19. The van der Waals surface area contributed by atoms with Crippen LogP contribution in [0.15, 0.2) is 52.0 Å². The van der Waals surface area contributed by atoms with Crippen LogP contribution in [0.3, 0.4) is 0 Å². The van der Waals surface area contributed by atoms with Crippen LogP contribution < -0.4 is 0 Å². The average molecular weight is 407 g/mol. The van der Waals surface area contributed by atoms with Crippen LogP contribution >= 0.6 is 15.9 Å². The van der Waals surface area contributed by atoms with E-state index < -0.39 is 0 Å². The van der Waals surface area contributed by atoms with Crippen LogP contribution in [0.25, 0.3) is 0 Å². The maximum Gasteiger partial charge on any atom is 0.188 e. The van der Waals surface area contributed by atoms with E-state index in [0.717, 1.165) is 47.9 Å². The average Bonchev–Trinajstić information content (AvgIpc) is 2.62. The van der Waals surface area contributed by atoms with Gasteiger partial charge in [-0.05, 0) is 75.8 Å². The maximum atomic E-state index is 12.3. The summed E-state index contributed by atoms with van der Waals surface area (Å²) in [5.41, 5.74) is 2.79. The van der Waals surface area contributed by atoms with E-state index in [1.165, 1.54) is 12.0 Å². The van der Waals surface area contributed by atoms with Crippen molar-refractivity contribution in [3.8, 4) is 0 Å². The van der Waals surface area contributed by atoms with Crippen molar-refractivity contribution < 1.29 is 14.3 Å². The first-order valence-corrected chi connectivity index (χ1v) is 9.71. The zero-order valence-electron chi connectivity index (χ0n) is 15.1. The highest BCUT2D eigenvalue weighted by Crippen LogP contribution is 2.16. The van der Waals surface area contributed by atoms with Crippen molar-refractivity contribution in [3.63, 3.8) is 0 Å². The molecule has 0 aliphatic carbocycles. The molecule has 0 spiro atoms. The summed E-state index contributed by atoms with van der Waals surface area (Å²) in [5, 5.41) is 0. The van der Waals surface area contributed by atoms with Gasteiger partial charge in [0.05, 0.1) is 6.61 Å². The molecule has 1 unspecified atom stereocenters. The van der Waals surface area contributed by atoms with Crippen LogP contribution in [0.5, 0.6) is 0 Å². The minimum Gasteiger partial charge on any atom is -0.353 e. The molecular formula is C21H27BrO3. The summed E-state index contributed by atoms with van der Waals surface area (Å²) in [5.74, 6) is 0.0897. The van der Waals surface area contributed by atoms with E-state index in [0.29, 0.717) is 6.61 Å². The van der Waals surface area contributed by atoms with Gasteiger partial charge in [-0.15, -0.1) is 0 Å². The fraction of sp³-hybridized carbons (Fsp3) is 0.476. The van der Waals surface area contributed by atoms with Gasteiger partial charge in [-0.25, -0.2) is 0 Å². The number of rotatable bonds is 8. The number of allylic oxidation sites excluding steroid dienone is 3. The Hall–Kier alpha value is -1.23. The van der Waals surface area contributed by atoms with E-state index in [9.17, 15) is 4.79 Å². The van der Waals surface area contributed by atoms with Gasteiger partial charge in [0.15, 0.2) is 12.1 Å². The fourth-order valence-corrected chi connectivity index (χ4v) is 2.94. The SMILES string of the molecule is C/C(=C\COC1CCCCO1)CC/C=C(\C)C(=O)c1ccc(Br)cc1. The molecule has 1 saturated heterocycles. The number of Topliss-reactive ketones (excluding diaryl/α,β-unsaturated/α-hetero) is 1. The molecule has 1 aliphatic heterocycles. The van der Waals surface area contributed by atoms with E-state index in [1.54, 1.807) is 0 Å². The summed E-state index contributed by atoms with van der Waals surface area (Å²) in [4.78, 5) is 12.3. The number of ketones is 1. The van der Waals surface area contributed by atoms with Gasteiger partial charge in [-0.3, -0.25) is 4.79 Å². The number of carbonyl (C=O) groups excluding carboxylic acids is 1. The maximum absolute atomic E-state index is 12.3. The third-order valence-electron chi connectivity index (χ3n) is 4.31. The molecule has 0 amide bonds. The Morgan fingerprint density at radius 3 is 2.68 bits per heavy atom. The lowest BCUT2D eigenvalue weighted by Gasteiger charge is -2.22. The molecule has 3 nitrogen and oxygen atoms in total. The molecule has 0 saturated carbocycles. The van der Waals surface area contributed by atoms with E-state index in [-0.39, 0.29) is 12.1 Å². The highest BCUT2D eigenvalue weighted by Gasteiger charge is 2.13. The Morgan fingerprint density at radius 1 is 1.24 bits per heavy atom. The summed E-state index contributed by atoms with van der Waals surface area (Å²) in [6, 6.07) is 7.48. The molecular weight excluding hydrogens is 380 g/mol. The number of benzene rings is 1. The quantitative estimate of drug-likeness (QED) is 0.308. The van der Waals surface area contributed by atoms with E-state index in [1.807, 2.05) is 37.3 Å². The predicted molar refractivity (Wildman–Crippen MR) is 105 cm³/mol. The highest BCUT2D eigenvalue weighted by atomic mass is 79.9. The summed E-state index contributed by atoms with van der Waals surface area (Å²) < 4.78 is 12.2. The minimum absolute atomic E-state index is 0.0385. The number of hydrogen-bond acceptors (Lipinski definition) is 3. The molecule has 136 valence electrons. The van der Waals surface area contributed by atoms with E-state index >= 15 is 0 Å². The van der Waals surface area contributed by atoms with E-state index in [2.05, 4.69) is 28.9 Å². The fourth-order valence-electron chi connectivity index (χ4n) is 2.68. The molecule has 0 N–H and O–H groups in total. The predicted octanol–water partition coefficient (Wildman–Crippen LogP) is 5.85. The van der Waals surface area contributed by atoms with Gasteiger partial charge in [-0.1, -0.05) is 33.7 Å². The van der Waals surface area contributed by atoms with Gasteiger partial charge in [0.1, 0.15) is 0 Å². The van der Waals surface area contributed by atoms with Crippen molar-refractivity contribution in [2.75, 3.05) is 13.2 Å². The molecule has 25 heavy (non-hydrogen) atoms. The zero-order valence-corrected chi connectivity index (χ0v) is 16.7. The van der Waals surface area contributed by atoms with E-state index in [4.69, 9.17) is 9.47 Å². The molecule has 1 aromatic rings. The van der Waals surface area contributed by atoms with Gasteiger partial charge in [-0.2, -0.15) is 0 Å². The van der Waals surface area contributed by atoms with Crippen molar-refractivity contribution in [3.05, 3.63) is 57.6 Å². The van der Waals surface area contributed by atoms with Gasteiger partial charge in [0, 0.05) is 16.6 Å². The number of hydrogen-bond donors (Lipinski definition) is 0. The van der Waals surface area contributed by atoms with Crippen LogP contribution in [0.2, 0.25) is 0 Å². The Balaban J connectivity index is 1.73. The molecule has 0 aromatic heterocycles. The summed E-state index contributed by atoms with van der Waals surface area (Å²) in [7, 11) is 0. The van der Waals surface area contributed by atoms with Gasteiger partial charge in [0.2, 0.25) is 0 Å². The zero-order chi connectivity index (χ0) is 18.1. The second kappa shape index (κ2) is 10.7. The number of carbonyl (C=O) groups is 1. The molecule has 4 heteroatoms. The van der Waals surface area contributed by atoms with Crippen molar-refractivity contribution in [2.45, 2.75) is 52.2 Å². The van der Waals surface area contributed by atoms with Gasteiger partial charge >= 0.3 is 0 Å². The van der Waals surface area contributed by atoms with Crippen molar-refractivity contribution >= 4 is 21.7 Å². The first kappa shape index (κ1) is 20.1. The second-order valence-electron chi connectivity index (χ2n) is 6.44. The standard InChI is InChI=1S/C21H27BrO3/c1-16(13-15-25-20-8-3-4-14-24-20)6-5-7-17(2)21(23)18-9-11-19(22)12-10-18/h7,9-13,20H,3-6,8,14-15H2,1-2H3/b16-13+,17-7+. The van der Waals surface area contributed by atoms with Crippen molar-refractivity contribution in [2.24, 2.45) is 0 Å². The summed E-state index contributed by atoms with van der Waals surface area (Å²) in [6.45, 7) is 5.39. The lowest BCUT2D eigenvalue weighted by molar-refractivity contribution is -0.155. The van der Waals surface area contributed by atoms with Crippen molar-refractivity contribution in [1.29, 1.82) is 0 Å². The lowest BCUT2D eigenvalue weighted by Crippen LogP contribution is -2.22. The van der Waals surface area contributed by atoms with Crippen LogP contribution in [-0.2, 0) is 9.47 Å². The molecule has 1 aliphatic rings.